The topological polar surface area (TPSA) is 58.6 Å². The van der Waals surface area contributed by atoms with Gasteiger partial charge < -0.3 is 15.0 Å². The lowest BCUT2D eigenvalue weighted by Crippen LogP contribution is -2.36. The predicted octanol–water partition coefficient (Wildman–Crippen LogP) is 2.82. The number of hydrogen-bond acceptors (Lipinski definition) is 3. The molecule has 0 radical (unpaired) electrons. The first-order chi connectivity index (χ1) is 11.5. The first kappa shape index (κ1) is 17.5. The largest absolute Gasteiger partial charge is 0.497 e. The van der Waals surface area contributed by atoms with Gasteiger partial charge in [-0.05, 0) is 42.0 Å². The lowest BCUT2D eigenvalue weighted by atomic mass is 10.2. The summed E-state index contributed by atoms with van der Waals surface area (Å²) in [5.74, 6) is -0.193. The van der Waals surface area contributed by atoms with Gasteiger partial charge in [0.2, 0.25) is 11.8 Å². The Morgan fingerprint density at radius 1 is 1.08 bits per heavy atom. The normalized spacial score (nSPS) is 10.1. The van der Waals surface area contributed by atoms with Crippen molar-refractivity contribution in [1.82, 2.24) is 4.90 Å². The van der Waals surface area contributed by atoms with Gasteiger partial charge in [0.1, 0.15) is 18.1 Å². The minimum Gasteiger partial charge on any atom is -0.497 e. The van der Waals surface area contributed by atoms with Gasteiger partial charge in [-0.1, -0.05) is 12.1 Å². The Kier molecular flexibility index (Phi) is 5.89. The van der Waals surface area contributed by atoms with Crippen molar-refractivity contribution in [3.05, 3.63) is 59.9 Å². The predicted molar refractivity (Wildman–Crippen MR) is 89.1 cm³/mol. The molecule has 2 amide bonds. The number of anilines is 1. The highest BCUT2D eigenvalue weighted by Crippen LogP contribution is 2.15. The van der Waals surface area contributed by atoms with Crippen LogP contribution in [0.1, 0.15) is 12.5 Å². The third-order valence-corrected chi connectivity index (χ3v) is 3.44. The summed E-state index contributed by atoms with van der Waals surface area (Å²) in [6.07, 6.45) is 0. The molecule has 0 atom stereocenters. The fourth-order valence-electron chi connectivity index (χ4n) is 2.14. The molecule has 2 rings (SSSR count). The van der Waals surface area contributed by atoms with Crippen LogP contribution in [0.25, 0.3) is 0 Å². The van der Waals surface area contributed by atoms with Crippen LogP contribution in [0.4, 0.5) is 10.1 Å². The smallest absolute Gasteiger partial charge is 0.244 e. The number of nitrogens with zero attached hydrogens (tertiary/aromatic N) is 1. The lowest BCUT2D eigenvalue weighted by Gasteiger charge is -2.20. The van der Waals surface area contributed by atoms with Crippen LogP contribution in [0.15, 0.2) is 48.5 Å². The average Bonchev–Trinajstić information content (AvgIpc) is 2.56. The summed E-state index contributed by atoms with van der Waals surface area (Å²) >= 11 is 0. The fraction of sp³-hybridized carbons (Fsp3) is 0.222. The van der Waals surface area contributed by atoms with Crippen LogP contribution in [0.5, 0.6) is 5.75 Å². The van der Waals surface area contributed by atoms with Gasteiger partial charge in [0.25, 0.3) is 0 Å². The van der Waals surface area contributed by atoms with E-state index in [9.17, 15) is 14.0 Å². The van der Waals surface area contributed by atoms with Crippen molar-refractivity contribution in [2.75, 3.05) is 19.0 Å². The maximum Gasteiger partial charge on any atom is 0.244 e. The number of rotatable bonds is 6. The number of amides is 2. The Balaban J connectivity index is 1.97. The molecular formula is C18H19FN2O3. The molecule has 0 fully saturated rings. The summed E-state index contributed by atoms with van der Waals surface area (Å²) in [4.78, 5) is 25.3. The second-order valence-electron chi connectivity index (χ2n) is 5.28. The number of benzene rings is 2. The molecule has 0 spiro atoms. The van der Waals surface area contributed by atoms with Crippen LogP contribution < -0.4 is 10.1 Å². The number of halogens is 1. The van der Waals surface area contributed by atoms with Gasteiger partial charge in [0.15, 0.2) is 0 Å². The fourth-order valence-corrected chi connectivity index (χ4v) is 2.14. The van der Waals surface area contributed by atoms with Gasteiger partial charge in [0, 0.05) is 19.2 Å². The number of ether oxygens (including phenoxy) is 1. The molecule has 5 nitrogen and oxygen atoms in total. The molecule has 2 aromatic carbocycles. The molecule has 0 bridgehead atoms. The minimum atomic E-state index is -0.342. The van der Waals surface area contributed by atoms with Crippen molar-refractivity contribution in [3.63, 3.8) is 0 Å². The minimum absolute atomic E-state index is 0.0846. The highest BCUT2D eigenvalue weighted by molar-refractivity contribution is 5.94. The molecule has 0 saturated carbocycles. The van der Waals surface area contributed by atoms with E-state index in [0.29, 0.717) is 11.4 Å². The molecule has 126 valence electrons. The molecule has 2 aromatic rings. The SMILES string of the molecule is COc1ccc(NC(=O)CN(Cc2ccc(F)cc2)C(C)=O)cc1. The van der Waals surface area contributed by atoms with Crippen molar-refractivity contribution in [2.45, 2.75) is 13.5 Å². The lowest BCUT2D eigenvalue weighted by molar-refractivity contribution is -0.133. The van der Waals surface area contributed by atoms with Crippen molar-refractivity contribution in [2.24, 2.45) is 0 Å². The Hall–Kier alpha value is -2.89. The first-order valence-corrected chi connectivity index (χ1v) is 7.42. The quantitative estimate of drug-likeness (QED) is 0.886. The summed E-state index contributed by atoms with van der Waals surface area (Å²) < 4.78 is 18.0. The molecule has 24 heavy (non-hydrogen) atoms. The average molecular weight is 330 g/mol. The third-order valence-electron chi connectivity index (χ3n) is 3.44. The van der Waals surface area contributed by atoms with Gasteiger partial charge in [0.05, 0.1) is 7.11 Å². The van der Waals surface area contributed by atoms with Gasteiger partial charge in [-0.3, -0.25) is 9.59 Å². The Labute approximate surface area is 140 Å². The van der Waals surface area contributed by atoms with E-state index < -0.39 is 0 Å². The molecule has 0 aliphatic rings. The monoisotopic (exact) mass is 330 g/mol. The molecule has 0 aliphatic carbocycles. The van der Waals surface area contributed by atoms with E-state index in [0.717, 1.165) is 5.56 Å². The highest BCUT2D eigenvalue weighted by Gasteiger charge is 2.14. The van der Waals surface area contributed by atoms with E-state index in [1.54, 1.807) is 43.5 Å². The van der Waals surface area contributed by atoms with Gasteiger partial charge in [-0.15, -0.1) is 0 Å². The van der Waals surface area contributed by atoms with E-state index in [4.69, 9.17) is 4.74 Å². The van der Waals surface area contributed by atoms with E-state index in [2.05, 4.69) is 5.32 Å². The van der Waals surface area contributed by atoms with E-state index in [-0.39, 0.29) is 30.7 Å². The second-order valence-corrected chi connectivity index (χ2v) is 5.28. The van der Waals surface area contributed by atoms with Crippen LogP contribution >= 0.6 is 0 Å². The Bertz CT molecular complexity index is 699. The molecule has 6 heteroatoms. The molecule has 0 heterocycles. The summed E-state index contributed by atoms with van der Waals surface area (Å²) in [5, 5.41) is 2.73. The van der Waals surface area contributed by atoms with E-state index >= 15 is 0 Å². The number of carbonyl (C=O) groups is 2. The first-order valence-electron chi connectivity index (χ1n) is 7.42. The standard InChI is InChI=1S/C18H19FN2O3/c1-13(22)21(11-14-3-5-15(19)6-4-14)12-18(23)20-16-7-9-17(24-2)10-8-16/h3-10H,11-12H2,1-2H3,(H,20,23). The number of nitrogens with one attached hydrogen (secondary N) is 1. The number of hydrogen-bond donors (Lipinski definition) is 1. The third kappa shape index (κ3) is 5.08. The van der Waals surface area contributed by atoms with Crippen molar-refractivity contribution in [3.8, 4) is 5.75 Å². The van der Waals surface area contributed by atoms with E-state index in [1.807, 2.05) is 0 Å². The Morgan fingerprint density at radius 3 is 2.25 bits per heavy atom. The molecule has 0 saturated heterocycles. The molecular weight excluding hydrogens is 311 g/mol. The molecule has 0 aliphatic heterocycles. The molecule has 1 N–H and O–H groups in total. The van der Waals surface area contributed by atoms with Crippen LogP contribution in [-0.2, 0) is 16.1 Å². The maximum atomic E-state index is 12.9. The Morgan fingerprint density at radius 2 is 1.71 bits per heavy atom. The summed E-state index contributed by atoms with van der Waals surface area (Å²) in [5.41, 5.74) is 1.37. The molecule has 0 aromatic heterocycles. The van der Waals surface area contributed by atoms with Crippen LogP contribution in [0, 0.1) is 5.82 Å². The van der Waals surface area contributed by atoms with Crippen LogP contribution in [-0.4, -0.2) is 30.4 Å². The van der Waals surface area contributed by atoms with Gasteiger partial charge in [-0.2, -0.15) is 0 Å². The maximum absolute atomic E-state index is 12.9. The number of methoxy groups -OCH3 is 1. The van der Waals surface area contributed by atoms with Crippen molar-refractivity contribution < 1.29 is 18.7 Å². The zero-order valence-corrected chi connectivity index (χ0v) is 13.6. The van der Waals surface area contributed by atoms with Crippen LogP contribution in [0.3, 0.4) is 0 Å². The zero-order chi connectivity index (χ0) is 17.5. The molecule has 0 unspecified atom stereocenters. The zero-order valence-electron chi connectivity index (χ0n) is 13.6. The van der Waals surface area contributed by atoms with Gasteiger partial charge >= 0.3 is 0 Å². The van der Waals surface area contributed by atoms with Crippen molar-refractivity contribution in [1.29, 1.82) is 0 Å². The summed E-state index contributed by atoms with van der Waals surface area (Å²) in [7, 11) is 1.56. The summed E-state index contributed by atoms with van der Waals surface area (Å²) in [6, 6.07) is 12.7. The van der Waals surface area contributed by atoms with Gasteiger partial charge in [-0.25, -0.2) is 4.39 Å². The van der Waals surface area contributed by atoms with Crippen LogP contribution in [0.2, 0.25) is 0 Å². The number of carbonyl (C=O) groups excluding carboxylic acids is 2. The summed E-state index contributed by atoms with van der Waals surface area (Å²) in [6.45, 7) is 1.55. The van der Waals surface area contributed by atoms with E-state index in [1.165, 1.54) is 24.0 Å². The second kappa shape index (κ2) is 8.10. The highest BCUT2D eigenvalue weighted by atomic mass is 19.1. The van der Waals surface area contributed by atoms with Crippen molar-refractivity contribution >= 4 is 17.5 Å².